The van der Waals surface area contributed by atoms with Gasteiger partial charge in [-0.25, -0.2) is 0 Å². The van der Waals surface area contributed by atoms with Crippen molar-refractivity contribution in [2.45, 2.75) is 26.7 Å². The van der Waals surface area contributed by atoms with Gasteiger partial charge in [0.1, 0.15) is 30.5 Å². The first-order chi connectivity index (χ1) is 14.5. The number of hydrogen-bond acceptors (Lipinski definition) is 3. The van der Waals surface area contributed by atoms with E-state index in [1.54, 1.807) is 0 Å². The summed E-state index contributed by atoms with van der Waals surface area (Å²) in [6.45, 7) is 9.09. The molecule has 30 heavy (non-hydrogen) atoms. The van der Waals surface area contributed by atoms with Gasteiger partial charge in [-0.1, -0.05) is 59.7 Å². The van der Waals surface area contributed by atoms with E-state index in [2.05, 4.69) is 75.4 Å². The van der Waals surface area contributed by atoms with Crippen LogP contribution >= 0.6 is 0 Å². The van der Waals surface area contributed by atoms with Crippen LogP contribution in [-0.2, 0) is 4.74 Å². The van der Waals surface area contributed by atoms with Gasteiger partial charge >= 0.3 is 0 Å². The Labute approximate surface area is 178 Å². The monoisotopic (exact) mass is 398 g/mol. The summed E-state index contributed by atoms with van der Waals surface area (Å²) in [5.74, 6) is 0.899. The molecule has 2 aromatic carbocycles. The van der Waals surface area contributed by atoms with Gasteiger partial charge in [0.25, 0.3) is 0 Å². The van der Waals surface area contributed by atoms with Gasteiger partial charge in [-0.2, -0.15) is 5.26 Å². The lowest BCUT2D eigenvalue weighted by Crippen LogP contribution is -3.12. The van der Waals surface area contributed by atoms with E-state index in [4.69, 9.17) is 10.5 Å². The molecule has 0 radical (unpaired) electrons. The lowest BCUT2D eigenvalue weighted by molar-refractivity contribution is -0.890. The van der Waals surface area contributed by atoms with E-state index in [9.17, 15) is 5.26 Å². The van der Waals surface area contributed by atoms with E-state index in [0.29, 0.717) is 5.57 Å². The topological polar surface area (TPSA) is 63.5 Å². The maximum absolute atomic E-state index is 9.90. The van der Waals surface area contributed by atoms with Crippen molar-refractivity contribution in [3.05, 3.63) is 99.1 Å². The Morgan fingerprint density at radius 3 is 2.53 bits per heavy atom. The van der Waals surface area contributed by atoms with Gasteiger partial charge in [0, 0.05) is 11.1 Å². The molecular weight excluding hydrogens is 370 g/mol. The van der Waals surface area contributed by atoms with E-state index >= 15 is 0 Å². The summed E-state index contributed by atoms with van der Waals surface area (Å²) in [4.78, 5) is 1.45. The molecule has 1 unspecified atom stereocenters. The van der Waals surface area contributed by atoms with Crippen LogP contribution in [0.15, 0.2) is 76.9 Å². The lowest BCUT2D eigenvalue weighted by Gasteiger charge is -2.36. The number of rotatable bonds is 3. The van der Waals surface area contributed by atoms with Crippen molar-refractivity contribution >= 4 is 6.08 Å². The second-order valence-corrected chi connectivity index (χ2v) is 8.23. The normalized spacial score (nSPS) is 22.5. The average molecular weight is 399 g/mol. The highest BCUT2D eigenvalue weighted by Gasteiger charge is 2.39. The van der Waals surface area contributed by atoms with Crippen LogP contribution in [-0.4, -0.2) is 19.6 Å². The third-order valence-corrected chi connectivity index (χ3v) is 5.96. The fourth-order valence-electron chi connectivity index (χ4n) is 4.48. The quantitative estimate of drug-likeness (QED) is 0.833. The van der Waals surface area contributed by atoms with Gasteiger partial charge in [-0.15, -0.1) is 0 Å². The number of nitriles is 1. The summed E-state index contributed by atoms with van der Waals surface area (Å²) in [6.07, 6.45) is 2.20. The molecule has 0 bridgehead atoms. The first-order valence-corrected chi connectivity index (χ1v) is 10.5. The number of allylic oxidation sites excluding steroid dienone is 1. The zero-order chi connectivity index (χ0) is 21.3. The molecule has 0 aromatic heterocycles. The minimum atomic E-state index is -0.165. The molecule has 152 valence electrons. The first kappa shape index (κ1) is 20.0. The highest BCUT2D eigenvalue weighted by molar-refractivity contribution is 5.62. The number of aryl methyl sites for hydroxylation is 2. The van der Waals surface area contributed by atoms with Gasteiger partial charge in [-0.05, 0) is 38.0 Å². The Morgan fingerprint density at radius 1 is 1.13 bits per heavy atom. The molecule has 4 rings (SSSR count). The SMILES string of the molecule is CC[NH+]1CC2=C(OC(N)=C(C#N)[C@H]2c2cccc(C)c2)/C(=C/c2cccc(C)c2)C1. The van der Waals surface area contributed by atoms with Crippen molar-refractivity contribution in [1.29, 1.82) is 5.26 Å². The van der Waals surface area contributed by atoms with Crippen molar-refractivity contribution in [2.24, 2.45) is 5.73 Å². The summed E-state index contributed by atoms with van der Waals surface area (Å²) in [7, 11) is 0. The molecule has 0 aliphatic carbocycles. The zero-order valence-corrected chi connectivity index (χ0v) is 17.8. The molecule has 0 saturated carbocycles. The van der Waals surface area contributed by atoms with Gasteiger partial charge in [0.2, 0.25) is 5.88 Å². The molecule has 2 atom stereocenters. The molecule has 2 aliphatic heterocycles. The maximum atomic E-state index is 9.90. The number of hydrogen-bond donors (Lipinski definition) is 2. The molecule has 2 heterocycles. The maximum Gasteiger partial charge on any atom is 0.205 e. The van der Waals surface area contributed by atoms with Crippen molar-refractivity contribution in [3.8, 4) is 6.07 Å². The smallest absolute Gasteiger partial charge is 0.205 e. The summed E-state index contributed by atoms with van der Waals surface area (Å²) in [6, 6.07) is 19.1. The Bertz CT molecular complexity index is 1120. The van der Waals surface area contributed by atoms with Crippen LogP contribution in [0.5, 0.6) is 0 Å². The molecule has 0 fully saturated rings. The average Bonchev–Trinajstić information content (AvgIpc) is 2.73. The summed E-state index contributed by atoms with van der Waals surface area (Å²) >= 11 is 0. The van der Waals surface area contributed by atoms with Crippen molar-refractivity contribution < 1.29 is 9.64 Å². The van der Waals surface area contributed by atoms with E-state index < -0.39 is 0 Å². The number of nitrogens with zero attached hydrogens (tertiary/aromatic N) is 1. The van der Waals surface area contributed by atoms with Crippen LogP contribution in [0.2, 0.25) is 0 Å². The van der Waals surface area contributed by atoms with Gasteiger partial charge in [0.15, 0.2) is 0 Å². The predicted molar refractivity (Wildman–Crippen MR) is 119 cm³/mol. The molecular formula is C26H28N3O+. The van der Waals surface area contributed by atoms with Gasteiger partial charge < -0.3 is 15.4 Å². The minimum Gasteiger partial charge on any atom is -0.440 e. The summed E-state index contributed by atoms with van der Waals surface area (Å²) < 4.78 is 6.12. The van der Waals surface area contributed by atoms with E-state index in [1.807, 2.05) is 6.07 Å². The minimum absolute atomic E-state index is 0.165. The number of likely N-dealkylation sites (N-methyl/N-ethyl adjacent to an activating group) is 1. The zero-order valence-electron chi connectivity index (χ0n) is 17.8. The number of nitrogens with one attached hydrogen (secondary N) is 1. The number of benzene rings is 2. The van der Waals surface area contributed by atoms with Crippen LogP contribution in [0.3, 0.4) is 0 Å². The van der Waals surface area contributed by atoms with Crippen LogP contribution in [0.4, 0.5) is 0 Å². The highest BCUT2D eigenvalue weighted by Crippen LogP contribution is 2.41. The predicted octanol–water partition coefficient (Wildman–Crippen LogP) is 3.37. The number of ether oxygens (including phenoxy) is 1. The summed E-state index contributed by atoms with van der Waals surface area (Å²) in [5.41, 5.74) is 13.7. The fraction of sp³-hybridized carbons (Fsp3) is 0.269. The second kappa shape index (κ2) is 8.22. The van der Waals surface area contributed by atoms with Crippen LogP contribution < -0.4 is 10.6 Å². The summed E-state index contributed by atoms with van der Waals surface area (Å²) in [5, 5.41) is 9.90. The largest absolute Gasteiger partial charge is 0.440 e. The fourth-order valence-corrected chi connectivity index (χ4v) is 4.48. The number of nitrogens with two attached hydrogens (primary N) is 1. The van der Waals surface area contributed by atoms with E-state index in [1.165, 1.54) is 16.0 Å². The van der Waals surface area contributed by atoms with Crippen molar-refractivity contribution in [3.63, 3.8) is 0 Å². The van der Waals surface area contributed by atoms with Crippen molar-refractivity contribution in [1.82, 2.24) is 0 Å². The van der Waals surface area contributed by atoms with E-state index in [-0.39, 0.29) is 11.8 Å². The van der Waals surface area contributed by atoms with Crippen LogP contribution in [0.25, 0.3) is 6.08 Å². The Kier molecular flexibility index (Phi) is 5.48. The molecule has 2 aromatic rings. The first-order valence-electron chi connectivity index (χ1n) is 10.5. The Balaban J connectivity index is 1.89. The third kappa shape index (κ3) is 3.77. The van der Waals surface area contributed by atoms with Crippen molar-refractivity contribution in [2.75, 3.05) is 19.6 Å². The molecule has 4 heteroatoms. The molecule has 0 saturated heterocycles. The molecule has 4 nitrogen and oxygen atoms in total. The van der Waals surface area contributed by atoms with Gasteiger partial charge in [-0.3, -0.25) is 0 Å². The second-order valence-electron chi connectivity index (χ2n) is 8.23. The highest BCUT2D eigenvalue weighted by atomic mass is 16.5. The van der Waals surface area contributed by atoms with Crippen LogP contribution in [0, 0.1) is 25.2 Å². The Hall–Kier alpha value is -3.29. The van der Waals surface area contributed by atoms with Crippen LogP contribution in [0.1, 0.15) is 35.1 Å². The molecule has 0 spiro atoms. The molecule has 3 N–H and O–H groups in total. The standard InChI is InChI=1S/C26H27N3O/c1-4-29-15-21(13-19-9-5-7-17(2)11-19)25-23(16-29)24(22(14-27)26(28)30-25)20-10-6-8-18(3)12-20/h5-13,24H,4,15-16,28H2,1-3H3/p+1/b21-13+/t24-/m1/s1. The molecule has 0 amide bonds. The van der Waals surface area contributed by atoms with Gasteiger partial charge in [0.05, 0.1) is 12.5 Å². The molecule has 2 aliphatic rings. The third-order valence-electron chi connectivity index (χ3n) is 5.96. The van der Waals surface area contributed by atoms with E-state index in [0.717, 1.165) is 47.7 Å². The lowest BCUT2D eigenvalue weighted by atomic mass is 9.80. The Morgan fingerprint density at radius 2 is 1.87 bits per heavy atom. The number of quaternary nitrogens is 1.